The number of carbonyl (C=O) groups is 1. The molecule has 2 aliphatic heterocycles. The van der Waals surface area contributed by atoms with Gasteiger partial charge >= 0.3 is 6.03 Å². The molecule has 2 aliphatic rings. The van der Waals surface area contributed by atoms with Crippen molar-refractivity contribution in [2.75, 3.05) is 31.6 Å². The van der Waals surface area contributed by atoms with E-state index in [9.17, 15) is 4.79 Å². The van der Waals surface area contributed by atoms with Crippen LogP contribution in [0.4, 0.5) is 10.5 Å². The van der Waals surface area contributed by atoms with E-state index in [1.165, 1.54) is 0 Å². The third-order valence-electron chi connectivity index (χ3n) is 4.73. The largest absolute Gasteiger partial charge is 0.490 e. The standard InChI is InChI=1S/C20H22ClN3O4/c21-14-2-4-15(5-3-14)28-16-7-10-24(11-8-16)20(25)23-17-6-9-22-19-18(17)26-12-1-13-27-19/h2-6,9,16H,1,7-8,10-13H2,(H,22,23,25). The third-order valence-corrected chi connectivity index (χ3v) is 4.98. The van der Waals surface area contributed by atoms with Gasteiger partial charge in [0.05, 0.1) is 18.9 Å². The number of carbonyl (C=O) groups excluding carboxylic acids is 1. The van der Waals surface area contributed by atoms with Gasteiger partial charge in [0.25, 0.3) is 5.88 Å². The molecule has 1 aromatic heterocycles. The number of piperidine rings is 1. The number of likely N-dealkylation sites (tertiary alicyclic amines) is 1. The number of rotatable bonds is 3. The van der Waals surface area contributed by atoms with E-state index < -0.39 is 0 Å². The molecule has 4 rings (SSSR count). The molecule has 0 aliphatic carbocycles. The number of urea groups is 1. The van der Waals surface area contributed by atoms with Crippen molar-refractivity contribution in [3.8, 4) is 17.4 Å². The highest BCUT2D eigenvalue weighted by Crippen LogP contribution is 2.35. The molecule has 0 bridgehead atoms. The minimum absolute atomic E-state index is 0.0826. The number of pyridine rings is 1. The average molecular weight is 404 g/mol. The fourth-order valence-electron chi connectivity index (χ4n) is 3.25. The second kappa shape index (κ2) is 8.56. The first-order valence-corrected chi connectivity index (χ1v) is 9.79. The minimum atomic E-state index is -0.161. The van der Waals surface area contributed by atoms with Crippen molar-refractivity contribution in [1.29, 1.82) is 0 Å². The lowest BCUT2D eigenvalue weighted by atomic mass is 10.1. The number of amides is 2. The zero-order chi connectivity index (χ0) is 19.3. The Balaban J connectivity index is 1.33. The third kappa shape index (κ3) is 4.42. The molecule has 1 aromatic carbocycles. The molecule has 2 amide bonds. The van der Waals surface area contributed by atoms with Crippen LogP contribution >= 0.6 is 11.6 Å². The molecule has 0 saturated carbocycles. The molecule has 0 spiro atoms. The van der Waals surface area contributed by atoms with Crippen LogP contribution in [0.15, 0.2) is 36.5 Å². The van der Waals surface area contributed by atoms with E-state index >= 15 is 0 Å². The Morgan fingerprint density at radius 3 is 2.68 bits per heavy atom. The summed E-state index contributed by atoms with van der Waals surface area (Å²) in [5.74, 6) is 1.71. The summed E-state index contributed by atoms with van der Waals surface area (Å²) in [6, 6.07) is 8.90. The van der Waals surface area contributed by atoms with Crippen LogP contribution in [0.2, 0.25) is 5.02 Å². The van der Waals surface area contributed by atoms with Gasteiger partial charge in [0.15, 0.2) is 0 Å². The van der Waals surface area contributed by atoms with Gasteiger partial charge in [-0.05, 0) is 30.3 Å². The second-order valence-corrected chi connectivity index (χ2v) is 7.17. The molecule has 3 heterocycles. The number of hydrogen-bond donors (Lipinski definition) is 1. The number of fused-ring (bicyclic) bond motifs is 1. The average Bonchev–Trinajstić information content (AvgIpc) is 2.97. The quantitative estimate of drug-likeness (QED) is 0.839. The van der Waals surface area contributed by atoms with Gasteiger partial charge in [-0.1, -0.05) is 11.6 Å². The number of ether oxygens (including phenoxy) is 3. The van der Waals surface area contributed by atoms with Gasteiger partial charge in [-0.25, -0.2) is 9.78 Å². The van der Waals surface area contributed by atoms with Crippen molar-refractivity contribution >= 4 is 23.3 Å². The summed E-state index contributed by atoms with van der Waals surface area (Å²) in [6.07, 6.45) is 4.01. The Hall–Kier alpha value is -2.67. The maximum atomic E-state index is 12.7. The fourth-order valence-corrected chi connectivity index (χ4v) is 3.37. The first kappa shape index (κ1) is 18.7. The van der Waals surface area contributed by atoms with E-state index in [-0.39, 0.29) is 12.1 Å². The molecule has 28 heavy (non-hydrogen) atoms. The summed E-state index contributed by atoms with van der Waals surface area (Å²) in [7, 11) is 0. The summed E-state index contributed by atoms with van der Waals surface area (Å²) in [5, 5.41) is 3.61. The number of aromatic nitrogens is 1. The number of halogens is 1. The molecule has 1 fully saturated rings. The van der Waals surface area contributed by atoms with Crippen molar-refractivity contribution < 1.29 is 19.0 Å². The van der Waals surface area contributed by atoms with Crippen molar-refractivity contribution in [3.63, 3.8) is 0 Å². The Bertz CT molecular complexity index is 823. The van der Waals surface area contributed by atoms with E-state index in [1.807, 2.05) is 24.3 Å². The lowest BCUT2D eigenvalue weighted by molar-refractivity contribution is 0.115. The first-order valence-electron chi connectivity index (χ1n) is 9.42. The summed E-state index contributed by atoms with van der Waals surface area (Å²) in [4.78, 5) is 18.6. The predicted octanol–water partition coefficient (Wildman–Crippen LogP) is 3.97. The first-order chi connectivity index (χ1) is 13.7. The van der Waals surface area contributed by atoms with Crippen LogP contribution in [0.5, 0.6) is 17.4 Å². The van der Waals surface area contributed by atoms with E-state index in [2.05, 4.69) is 10.3 Å². The van der Waals surface area contributed by atoms with Gasteiger partial charge in [-0.3, -0.25) is 0 Å². The Labute approximate surface area is 168 Å². The van der Waals surface area contributed by atoms with Gasteiger partial charge in [0.1, 0.15) is 11.9 Å². The summed E-state index contributed by atoms with van der Waals surface area (Å²) < 4.78 is 17.3. The highest BCUT2D eigenvalue weighted by atomic mass is 35.5. The molecule has 0 atom stereocenters. The Morgan fingerprint density at radius 2 is 1.89 bits per heavy atom. The van der Waals surface area contributed by atoms with Crippen LogP contribution in [0, 0.1) is 0 Å². The van der Waals surface area contributed by atoms with E-state index in [0.717, 1.165) is 25.0 Å². The molecule has 0 unspecified atom stereocenters. The monoisotopic (exact) mass is 403 g/mol. The van der Waals surface area contributed by atoms with Gasteiger partial charge in [0, 0.05) is 43.6 Å². The van der Waals surface area contributed by atoms with Crippen molar-refractivity contribution in [2.24, 2.45) is 0 Å². The van der Waals surface area contributed by atoms with Crippen molar-refractivity contribution in [3.05, 3.63) is 41.6 Å². The van der Waals surface area contributed by atoms with Crippen molar-refractivity contribution in [2.45, 2.75) is 25.4 Å². The fraction of sp³-hybridized carbons (Fsp3) is 0.400. The van der Waals surface area contributed by atoms with Crippen LogP contribution in [-0.4, -0.2) is 48.3 Å². The Morgan fingerprint density at radius 1 is 1.14 bits per heavy atom. The summed E-state index contributed by atoms with van der Waals surface area (Å²) in [6.45, 7) is 2.33. The highest BCUT2D eigenvalue weighted by molar-refractivity contribution is 6.30. The lowest BCUT2D eigenvalue weighted by Gasteiger charge is -2.32. The van der Waals surface area contributed by atoms with Crippen LogP contribution < -0.4 is 19.5 Å². The number of nitrogens with one attached hydrogen (secondary N) is 1. The summed E-state index contributed by atoms with van der Waals surface area (Å²) in [5.41, 5.74) is 0.580. The van der Waals surface area contributed by atoms with E-state index in [1.54, 1.807) is 17.2 Å². The molecular weight excluding hydrogens is 382 g/mol. The second-order valence-electron chi connectivity index (χ2n) is 6.73. The van der Waals surface area contributed by atoms with Crippen LogP contribution in [0.3, 0.4) is 0 Å². The maximum Gasteiger partial charge on any atom is 0.321 e. The van der Waals surface area contributed by atoms with Crippen molar-refractivity contribution in [1.82, 2.24) is 9.88 Å². The van der Waals surface area contributed by atoms with E-state index in [4.69, 9.17) is 25.8 Å². The maximum absolute atomic E-state index is 12.7. The molecule has 0 radical (unpaired) electrons. The number of hydrogen-bond acceptors (Lipinski definition) is 5. The molecule has 8 heteroatoms. The molecule has 7 nitrogen and oxygen atoms in total. The lowest BCUT2D eigenvalue weighted by Crippen LogP contribution is -2.43. The molecular formula is C20H22ClN3O4. The zero-order valence-corrected chi connectivity index (χ0v) is 16.2. The van der Waals surface area contributed by atoms with Gasteiger partial charge in [-0.15, -0.1) is 0 Å². The van der Waals surface area contributed by atoms with Gasteiger partial charge in [-0.2, -0.15) is 0 Å². The highest BCUT2D eigenvalue weighted by Gasteiger charge is 2.25. The zero-order valence-electron chi connectivity index (χ0n) is 15.4. The smallest absolute Gasteiger partial charge is 0.321 e. The molecule has 1 saturated heterocycles. The van der Waals surface area contributed by atoms with Crippen LogP contribution in [-0.2, 0) is 0 Å². The number of benzene rings is 1. The van der Waals surface area contributed by atoms with E-state index in [0.29, 0.717) is 48.6 Å². The topological polar surface area (TPSA) is 72.9 Å². The predicted molar refractivity (Wildman–Crippen MR) is 106 cm³/mol. The normalized spacial score (nSPS) is 17.0. The van der Waals surface area contributed by atoms with Gasteiger partial charge < -0.3 is 24.4 Å². The SMILES string of the molecule is O=C(Nc1ccnc2c1OCCCO2)N1CCC(Oc2ccc(Cl)cc2)CC1. The van der Waals surface area contributed by atoms with Crippen LogP contribution in [0.25, 0.3) is 0 Å². The number of nitrogens with zero attached hydrogens (tertiary/aromatic N) is 2. The molecule has 148 valence electrons. The minimum Gasteiger partial charge on any atom is -0.490 e. The number of anilines is 1. The Kier molecular flexibility index (Phi) is 5.71. The molecule has 1 N–H and O–H groups in total. The van der Waals surface area contributed by atoms with Gasteiger partial charge in [0.2, 0.25) is 5.75 Å². The van der Waals surface area contributed by atoms with Crippen LogP contribution in [0.1, 0.15) is 19.3 Å². The summed E-state index contributed by atoms with van der Waals surface area (Å²) >= 11 is 5.90. The molecule has 2 aromatic rings.